The van der Waals surface area contributed by atoms with Crippen molar-refractivity contribution >= 4 is 11.5 Å². The van der Waals surface area contributed by atoms with Crippen molar-refractivity contribution in [2.75, 3.05) is 36.6 Å². The van der Waals surface area contributed by atoms with Gasteiger partial charge in [0.15, 0.2) is 0 Å². The Hall–Kier alpha value is -2.97. The number of aromatic nitrogens is 4. The number of morpholine rings is 1. The number of hydrazine groups is 1. The molecule has 1 atom stereocenters. The predicted molar refractivity (Wildman–Crippen MR) is 97.7 cm³/mol. The largest absolute Gasteiger partial charge is 0.378 e. The van der Waals surface area contributed by atoms with Gasteiger partial charge in [0.1, 0.15) is 12.1 Å². The summed E-state index contributed by atoms with van der Waals surface area (Å²) < 4.78 is 5.43. The third kappa shape index (κ3) is 2.69. The van der Waals surface area contributed by atoms with Gasteiger partial charge < -0.3 is 15.1 Å². The van der Waals surface area contributed by atoms with E-state index in [1.54, 1.807) is 6.33 Å². The first kappa shape index (κ1) is 15.3. The molecule has 1 saturated heterocycles. The average Bonchev–Trinajstić information content (AvgIpc) is 3.38. The Morgan fingerprint density at radius 1 is 1.08 bits per heavy atom. The van der Waals surface area contributed by atoms with Gasteiger partial charge in [-0.2, -0.15) is 5.10 Å². The molecule has 0 bridgehead atoms. The van der Waals surface area contributed by atoms with Crippen LogP contribution in [0.4, 0.5) is 11.5 Å². The van der Waals surface area contributed by atoms with E-state index < -0.39 is 0 Å². The summed E-state index contributed by atoms with van der Waals surface area (Å²) in [5.74, 6) is 0.944. The summed E-state index contributed by atoms with van der Waals surface area (Å²) >= 11 is 0. The molecule has 2 aliphatic heterocycles. The highest BCUT2D eigenvalue weighted by atomic mass is 16.5. The molecule has 1 fully saturated rings. The average molecular weight is 349 g/mol. The normalized spacial score (nSPS) is 19.2. The van der Waals surface area contributed by atoms with Crippen molar-refractivity contribution in [1.29, 1.82) is 0 Å². The number of benzene rings is 1. The van der Waals surface area contributed by atoms with Gasteiger partial charge in [-0.05, 0) is 17.7 Å². The lowest BCUT2D eigenvalue weighted by molar-refractivity contribution is 0.122. The fraction of sp³-hybridized carbons (Fsp3) is 0.278. The zero-order valence-corrected chi connectivity index (χ0v) is 14.1. The number of H-pyrrole nitrogens is 1. The molecular formula is C18H19N7O. The highest BCUT2D eigenvalue weighted by Crippen LogP contribution is 2.35. The number of anilines is 2. The predicted octanol–water partition coefficient (Wildman–Crippen LogP) is 1.72. The summed E-state index contributed by atoms with van der Waals surface area (Å²) in [6, 6.07) is 8.37. The van der Waals surface area contributed by atoms with E-state index in [1.807, 2.05) is 12.4 Å². The van der Waals surface area contributed by atoms with Gasteiger partial charge in [-0.15, -0.1) is 0 Å². The van der Waals surface area contributed by atoms with E-state index in [-0.39, 0.29) is 6.04 Å². The Bertz CT molecular complexity index is 906. The summed E-state index contributed by atoms with van der Waals surface area (Å²) in [5, 5.41) is 6.91. The second kappa shape index (κ2) is 6.40. The minimum atomic E-state index is -0.0281. The summed E-state index contributed by atoms with van der Waals surface area (Å²) in [7, 11) is 0. The van der Waals surface area contributed by atoms with E-state index in [4.69, 9.17) is 4.74 Å². The van der Waals surface area contributed by atoms with Crippen LogP contribution in [0, 0.1) is 0 Å². The third-order valence-corrected chi connectivity index (χ3v) is 4.85. The standard InChI is InChI=1S/C18H19N7O/c1-2-15-14(7-12(1)13-9-21-22-10-13)18(24-23-15)16-8-17(20-11-19-16)25-3-5-26-6-4-25/h1-2,7-11,18,23-24H,3-6H2,(H,21,22). The Kier molecular flexibility index (Phi) is 3.76. The number of hydrogen-bond donors (Lipinski definition) is 3. The number of rotatable bonds is 3. The van der Waals surface area contributed by atoms with E-state index in [1.165, 1.54) is 0 Å². The first-order valence-corrected chi connectivity index (χ1v) is 8.68. The van der Waals surface area contributed by atoms with Crippen LogP contribution in [0.5, 0.6) is 0 Å². The summed E-state index contributed by atoms with van der Waals surface area (Å²) in [6.45, 7) is 3.18. The lowest BCUT2D eigenvalue weighted by Gasteiger charge is -2.28. The van der Waals surface area contributed by atoms with E-state index in [0.29, 0.717) is 0 Å². The molecule has 132 valence electrons. The van der Waals surface area contributed by atoms with Gasteiger partial charge >= 0.3 is 0 Å². The SMILES string of the molecule is c1nc(C2NNc3ccc(-c4cn[nH]c4)cc32)cc(N2CCOCC2)n1. The third-order valence-electron chi connectivity index (χ3n) is 4.85. The molecule has 0 aliphatic carbocycles. The molecule has 8 heteroatoms. The van der Waals surface area contributed by atoms with Crippen molar-refractivity contribution in [3.8, 4) is 11.1 Å². The van der Waals surface area contributed by atoms with Crippen LogP contribution >= 0.6 is 0 Å². The van der Waals surface area contributed by atoms with Gasteiger partial charge in [-0.1, -0.05) is 6.07 Å². The van der Waals surface area contributed by atoms with Crippen LogP contribution in [-0.4, -0.2) is 46.5 Å². The van der Waals surface area contributed by atoms with E-state index in [0.717, 1.165) is 60.2 Å². The maximum Gasteiger partial charge on any atom is 0.132 e. The van der Waals surface area contributed by atoms with Crippen LogP contribution in [0.1, 0.15) is 17.3 Å². The first-order chi connectivity index (χ1) is 12.9. The highest BCUT2D eigenvalue weighted by Gasteiger charge is 2.26. The molecular weight excluding hydrogens is 330 g/mol. The second-order valence-corrected chi connectivity index (χ2v) is 6.39. The summed E-state index contributed by atoms with van der Waals surface area (Å²) in [5.41, 5.74) is 11.9. The maximum absolute atomic E-state index is 5.43. The molecule has 3 aromatic rings. The fourth-order valence-electron chi connectivity index (χ4n) is 3.45. The monoisotopic (exact) mass is 349 g/mol. The lowest BCUT2D eigenvalue weighted by Crippen LogP contribution is -2.37. The van der Waals surface area contributed by atoms with Crippen molar-refractivity contribution in [1.82, 2.24) is 25.6 Å². The second-order valence-electron chi connectivity index (χ2n) is 6.39. The number of fused-ring (bicyclic) bond motifs is 1. The van der Waals surface area contributed by atoms with Crippen LogP contribution in [0.3, 0.4) is 0 Å². The smallest absolute Gasteiger partial charge is 0.132 e. The summed E-state index contributed by atoms with van der Waals surface area (Å²) in [6.07, 6.45) is 5.36. The molecule has 2 aromatic heterocycles. The molecule has 1 aromatic carbocycles. The molecule has 1 unspecified atom stereocenters. The van der Waals surface area contributed by atoms with Crippen molar-refractivity contribution in [2.45, 2.75) is 6.04 Å². The van der Waals surface area contributed by atoms with Crippen molar-refractivity contribution < 1.29 is 4.74 Å². The number of nitrogens with zero attached hydrogens (tertiary/aromatic N) is 4. The van der Waals surface area contributed by atoms with Crippen LogP contribution in [0.15, 0.2) is 43.0 Å². The van der Waals surface area contributed by atoms with E-state index >= 15 is 0 Å². The molecule has 0 amide bonds. The number of hydrogen-bond acceptors (Lipinski definition) is 7. The number of ether oxygens (including phenoxy) is 1. The quantitative estimate of drug-likeness (QED) is 0.663. The van der Waals surface area contributed by atoms with Crippen LogP contribution in [0.2, 0.25) is 0 Å². The van der Waals surface area contributed by atoms with Crippen LogP contribution in [0.25, 0.3) is 11.1 Å². The van der Waals surface area contributed by atoms with Gasteiger partial charge in [0.2, 0.25) is 0 Å². The van der Waals surface area contributed by atoms with Gasteiger partial charge in [0.05, 0.1) is 36.8 Å². The van der Waals surface area contributed by atoms with Gasteiger partial charge in [0, 0.05) is 36.5 Å². The van der Waals surface area contributed by atoms with Crippen molar-refractivity contribution in [2.24, 2.45) is 0 Å². The molecule has 3 N–H and O–H groups in total. The maximum atomic E-state index is 5.43. The fourth-order valence-corrected chi connectivity index (χ4v) is 3.45. The van der Waals surface area contributed by atoms with Crippen molar-refractivity contribution in [3.05, 3.63) is 54.2 Å². The lowest BCUT2D eigenvalue weighted by atomic mass is 9.99. The first-order valence-electron chi connectivity index (χ1n) is 8.68. The molecule has 8 nitrogen and oxygen atoms in total. The Morgan fingerprint density at radius 2 is 2.00 bits per heavy atom. The van der Waals surface area contributed by atoms with Crippen molar-refractivity contribution in [3.63, 3.8) is 0 Å². The Morgan fingerprint density at radius 3 is 2.85 bits per heavy atom. The zero-order chi connectivity index (χ0) is 17.3. The van der Waals surface area contributed by atoms with Gasteiger partial charge in [0.25, 0.3) is 0 Å². The molecule has 0 radical (unpaired) electrons. The number of aromatic amines is 1. The summed E-state index contributed by atoms with van der Waals surface area (Å²) in [4.78, 5) is 11.2. The molecule has 2 aliphatic rings. The Balaban J connectivity index is 1.48. The Labute approximate surface area is 150 Å². The molecule has 5 rings (SSSR count). The molecule has 0 saturated carbocycles. The minimum absolute atomic E-state index is 0.0281. The van der Waals surface area contributed by atoms with Gasteiger partial charge in [-0.3, -0.25) is 5.10 Å². The molecule has 26 heavy (non-hydrogen) atoms. The minimum Gasteiger partial charge on any atom is -0.378 e. The zero-order valence-electron chi connectivity index (χ0n) is 14.1. The van der Waals surface area contributed by atoms with Crippen LogP contribution in [-0.2, 0) is 4.74 Å². The van der Waals surface area contributed by atoms with Gasteiger partial charge in [-0.25, -0.2) is 15.4 Å². The molecule has 4 heterocycles. The topological polar surface area (TPSA) is 91.0 Å². The highest BCUT2D eigenvalue weighted by molar-refractivity contribution is 5.70. The molecule has 0 spiro atoms. The van der Waals surface area contributed by atoms with E-state index in [9.17, 15) is 0 Å². The van der Waals surface area contributed by atoms with Crippen LogP contribution < -0.4 is 15.8 Å². The number of nitrogens with one attached hydrogen (secondary N) is 3. The van der Waals surface area contributed by atoms with E-state index in [2.05, 4.69) is 60.2 Å².